The average Bonchev–Trinajstić information content (AvgIpc) is 3.64. The quantitative estimate of drug-likeness (QED) is 0.189. The molecule has 0 radical (unpaired) electrons. The van der Waals surface area contributed by atoms with Gasteiger partial charge in [-0.1, -0.05) is 152 Å². The van der Waals surface area contributed by atoms with Crippen molar-refractivity contribution in [3.63, 3.8) is 0 Å². The molecule has 1 saturated carbocycles. The first kappa shape index (κ1) is 16.0. The minimum Gasteiger partial charge on any atom is -0.208 e. The Morgan fingerprint density at radius 2 is 0.958 bits per heavy atom. The van der Waals surface area contributed by atoms with E-state index in [0.29, 0.717) is 34.2 Å². The van der Waals surface area contributed by atoms with E-state index in [1.807, 2.05) is 72.8 Å². The van der Waals surface area contributed by atoms with Crippen molar-refractivity contribution in [1.82, 2.24) is 15.0 Å². The van der Waals surface area contributed by atoms with Gasteiger partial charge in [0, 0.05) is 35.8 Å². The summed E-state index contributed by atoms with van der Waals surface area (Å²) in [5, 5.41) is 0. The van der Waals surface area contributed by atoms with E-state index in [-0.39, 0.29) is 11.1 Å². The van der Waals surface area contributed by atoms with Crippen LogP contribution in [0.25, 0.3) is 67.5 Å². The van der Waals surface area contributed by atoms with E-state index in [0.717, 1.165) is 11.1 Å². The summed E-state index contributed by atoms with van der Waals surface area (Å²) < 4.78 is 154. The number of benzene rings is 6. The molecule has 7 aromatic rings. The predicted octanol–water partition coefficient (Wildman–Crippen LogP) is 11.4. The molecule has 2 aliphatic rings. The maximum atomic E-state index is 9.79. The van der Waals surface area contributed by atoms with Crippen LogP contribution in [0.2, 0.25) is 0 Å². The normalized spacial score (nSPS) is 24.8. The molecule has 1 spiro atoms. The van der Waals surface area contributed by atoms with Crippen molar-refractivity contribution >= 4 is 0 Å². The third-order valence-electron chi connectivity index (χ3n) is 8.43. The van der Waals surface area contributed by atoms with Gasteiger partial charge in [0.1, 0.15) is 0 Å². The van der Waals surface area contributed by atoms with E-state index in [1.165, 1.54) is 6.07 Å². The van der Waals surface area contributed by atoms with Gasteiger partial charge < -0.3 is 0 Å². The highest BCUT2D eigenvalue weighted by molar-refractivity contribution is 5.85. The van der Waals surface area contributed by atoms with E-state index in [9.17, 15) is 9.60 Å². The van der Waals surface area contributed by atoms with Gasteiger partial charge in [-0.05, 0) is 75.4 Å². The first-order valence-electron chi connectivity index (χ1n) is 23.8. The zero-order chi connectivity index (χ0) is 47.0. The minimum absolute atomic E-state index is 0.0843. The molecule has 0 N–H and O–H groups in total. The van der Waals surface area contributed by atoms with Gasteiger partial charge >= 0.3 is 0 Å². The van der Waals surface area contributed by atoms with E-state index in [2.05, 4.69) is 0 Å². The molecule has 0 atom stereocenters. The third kappa shape index (κ3) is 4.94. The number of hydrogen-bond acceptors (Lipinski definition) is 3. The van der Waals surface area contributed by atoms with Crippen LogP contribution in [0.4, 0.5) is 0 Å². The summed E-state index contributed by atoms with van der Waals surface area (Å²) in [4.78, 5) is 14.4. The minimum atomic E-state index is -3.94. The number of hydrogen-bond donors (Lipinski definition) is 0. The molecule has 1 fully saturated rings. The Labute approximate surface area is 305 Å². The maximum Gasteiger partial charge on any atom is 0.164 e. The number of nitrogens with zero attached hydrogens (tertiary/aromatic N) is 3. The molecule has 1 heterocycles. The number of rotatable bonds is 5. The van der Waals surface area contributed by atoms with Gasteiger partial charge in [0.05, 0.1) is 9.60 Å². The lowest BCUT2D eigenvalue weighted by molar-refractivity contribution is 0.353. The first-order valence-corrected chi connectivity index (χ1v) is 15.3. The molecule has 0 saturated heterocycles. The summed E-state index contributed by atoms with van der Waals surface area (Å²) in [5.74, 6) is 1.23. The molecule has 3 heteroatoms. The summed E-state index contributed by atoms with van der Waals surface area (Å²) in [7, 11) is 0. The highest BCUT2D eigenvalue weighted by atomic mass is 15.0. The van der Waals surface area contributed by atoms with Crippen molar-refractivity contribution in [2.24, 2.45) is 0 Å². The van der Waals surface area contributed by atoms with E-state index in [4.69, 9.17) is 28.7 Å². The molecule has 9 rings (SSSR count). The summed E-state index contributed by atoms with van der Waals surface area (Å²) >= 11 is 0. The van der Waals surface area contributed by atoms with Gasteiger partial charge in [0.2, 0.25) is 0 Å². The van der Waals surface area contributed by atoms with Crippen molar-refractivity contribution in [1.29, 1.82) is 0 Å². The Hall–Kier alpha value is -5.67. The van der Waals surface area contributed by atoms with Crippen LogP contribution in [0.1, 0.15) is 66.3 Å². The molecule has 3 nitrogen and oxygen atoms in total. The third-order valence-corrected chi connectivity index (χ3v) is 8.43. The lowest BCUT2D eigenvalue weighted by atomic mass is 9.67. The number of fused-ring (bicyclic) bond motifs is 5. The highest BCUT2D eigenvalue weighted by Gasteiger charge is 2.43. The van der Waals surface area contributed by atoms with Crippen LogP contribution in [0.5, 0.6) is 0 Å². The van der Waals surface area contributed by atoms with Crippen molar-refractivity contribution in [3.8, 4) is 67.5 Å². The Kier molecular flexibility index (Phi) is 3.94. The van der Waals surface area contributed by atoms with Gasteiger partial charge in [-0.3, -0.25) is 0 Å². The lowest BCUT2D eigenvalue weighted by Crippen LogP contribution is -2.28. The van der Waals surface area contributed by atoms with Crippen LogP contribution in [0.3, 0.4) is 0 Å². The average molecular weight is 635 g/mol. The smallest absolute Gasteiger partial charge is 0.164 e. The zero-order valence-corrected chi connectivity index (χ0v) is 25.2. The molecule has 1 aromatic heterocycles. The second kappa shape index (κ2) is 11.8. The zero-order valence-electron chi connectivity index (χ0n) is 42.2. The highest BCUT2D eigenvalue weighted by Crippen LogP contribution is 2.56. The molecular formula is C45H35N3. The molecule has 2 aliphatic carbocycles. The van der Waals surface area contributed by atoms with Crippen molar-refractivity contribution in [3.05, 3.63) is 163 Å². The molecule has 0 amide bonds. The van der Waals surface area contributed by atoms with Gasteiger partial charge in [-0.2, -0.15) is 0 Å². The molecule has 0 unspecified atom stereocenters. The molecule has 48 heavy (non-hydrogen) atoms. The summed E-state index contributed by atoms with van der Waals surface area (Å²) in [6.45, 7) is 0. The summed E-state index contributed by atoms with van der Waals surface area (Å²) in [5.41, 5.74) is -3.79. The largest absolute Gasteiger partial charge is 0.208 e. The van der Waals surface area contributed by atoms with Crippen molar-refractivity contribution < 1.29 is 23.3 Å². The van der Waals surface area contributed by atoms with Crippen molar-refractivity contribution in [2.75, 3.05) is 0 Å². The van der Waals surface area contributed by atoms with Crippen LogP contribution >= 0.6 is 0 Å². The molecular weight excluding hydrogens is 583 g/mol. The molecule has 6 aromatic carbocycles. The second-order valence-corrected chi connectivity index (χ2v) is 11.3. The predicted molar refractivity (Wildman–Crippen MR) is 196 cm³/mol. The van der Waals surface area contributed by atoms with Gasteiger partial charge in [-0.25, -0.2) is 15.0 Å². The fourth-order valence-electron chi connectivity index (χ4n) is 6.12. The number of aromatic nitrogens is 3. The fraction of sp³-hybridized carbons (Fsp3) is 0.133. The molecule has 0 aliphatic heterocycles. The molecule has 0 bridgehead atoms. The monoisotopic (exact) mass is 634 g/mol. The van der Waals surface area contributed by atoms with Gasteiger partial charge in [0.25, 0.3) is 0 Å². The fourth-order valence-corrected chi connectivity index (χ4v) is 6.12. The summed E-state index contributed by atoms with van der Waals surface area (Å²) in [6.07, 6.45) is -19.6. The lowest BCUT2D eigenvalue weighted by Gasteiger charge is -2.36. The van der Waals surface area contributed by atoms with Crippen LogP contribution < -0.4 is 0 Å². The van der Waals surface area contributed by atoms with Crippen molar-refractivity contribution in [2.45, 2.75) is 37.3 Å². The first-order chi connectivity index (χ1) is 30.5. The van der Waals surface area contributed by atoms with Crippen LogP contribution in [0.15, 0.2) is 151 Å². The Bertz CT molecular complexity index is 3030. The summed E-state index contributed by atoms with van der Waals surface area (Å²) in [6, 6.07) is 26.1. The Morgan fingerprint density at radius 1 is 0.458 bits per heavy atom. The Morgan fingerprint density at radius 3 is 1.60 bits per heavy atom. The SMILES string of the molecule is [2H]c1c([2H])c([2H])c2c(c1[2H])-c1c([2H])c([2H])c(-c3cccc(-c4cccc(-c5nc(-c6ccccc6)nc(-c6ccccc6)n5)c4)c3)c([2H])c1C21C([2H])([2H])C([2H])([2H])C([2H])([2H])C([2H])([2H])C1([2H])[2H]. The molecule has 230 valence electrons. The van der Waals surface area contributed by atoms with Crippen LogP contribution in [-0.2, 0) is 5.41 Å². The standard InChI is InChI=1S/C45H35N3/c1-4-14-31(15-5-1)42-46-43(32-16-6-2-7-17-32)48-44(47-42)37-21-13-20-35(29-37)33-18-12-19-34(28-33)36-24-25-39-38-22-8-9-23-40(38)45(41(39)30-36)26-10-3-11-27-45/h1-2,4-9,12-25,28-30H,3,10-11,26-27H2/i3D2,8D,9D,10D2,11D2,22D,23D,24D,25D,26D2,27D2,30D. The van der Waals surface area contributed by atoms with Gasteiger partial charge in [-0.15, -0.1) is 0 Å². The van der Waals surface area contributed by atoms with E-state index < -0.39 is 102 Å². The maximum absolute atomic E-state index is 9.79. The second-order valence-electron chi connectivity index (χ2n) is 11.3. The van der Waals surface area contributed by atoms with E-state index >= 15 is 0 Å². The van der Waals surface area contributed by atoms with Crippen LogP contribution in [0, 0.1) is 0 Å². The van der Waals surface area contributed by atoms with Gasteiger partial charge in [0.15, 0.2) is 17.5 Å². The Balaban J connectivity index is 1.27. The van der Waals surface area contributed by atoms with Crippen LogP contribution in [-0.4, -0.2) is 15.0 Å². The topological polar surface area (TPSA) is 38.7 Å². The van der Waals surface area contributed by atoms with E-state index in [1.54, 1.807) is 30.3 Å².